The van der Waals surface area contributed by atoms with E-state index in [1.807, 2.05) is 11.0 Å². The Morgan fingerprint density at radius 2 is 2.10 bits per heavy atom. The van der Waals surface area contributed by atoms with Crippen molar-refractivity contribution in [3.63, 3.8) is 0 Å². The highest BCUT2D eigenvalue weighted by atomic mass is 16.2. The van der Waals surface area contributed by atoms with Gasteiger partial charge in [0.1, 0.15) is 0 Å². The fourth-order valence-corrected chi connectivity index (χ4v) is 2.87. The van der Waals surface area contributed by atoms with E-state index in [2.05, 4.69) is 55.3 Å². The smallest absolute Gasteiger partial charge is 0.254 e. The van der Waals surface area contributed by atoms with Crippen LogP contribution in [0.4, 0.5) is 0 Å². The summed E-state index contributed by atoms with van der Waals surface area (Å²) in [4.78, 5) is 16.5. The Bertz CT molecular complexity index is 517. The molecule has 21 heavy (non-hydrogen) atoms. The third kappa shape index (κ3) is 4.07. The third-order valence-corrected chi connectivity index (χ3v) is 4.03. The molecule has 0 unspecified atom stereocenters. The number of carbonyl (C=O) groups is 1. The summed E-state index contributed by atoms with van der Waals surface area (Å²) in [6.07, 6.45) is 1.45. The van der Waals surface area contributed by atoms with Crippen molar-refractivity contribution in [1.29, 1.82) is 0 Å². The lowest BCUT2D eigenvalue weighted by Crippen LogP contribution is -2.56. The molecule has 1 aliphatic rings. The molecule has 1 atom stereocenters. The van der Waals surface area contributed by atoms with Crippen LogP contribution in [-0.4, -0.2) is 41.4 Å². The van der Waals surface area contributed by atoms with Crippen LogP contribution in [0.5, 0.6) is 0 Å². The molecule has 0 saturated carbocycles. The van der Waals surface area contributed by atoms with E-state index in [1.165, 1.54) is 11.6 Å². The fourth-order valence-electron chi connectivity index (χ4n) is 2.87. The molecule has 0 aromatic heterocycles. The molecule has 2 rings (SSSR count). The number of hydrogen-bond acceptors (Lipinski definition) is 2. The molecule has 0 bridgehead atoms. The Labute approximate surface area is 127 Å². The number of benzene rings is 1. The van der Waals surface area contributed by atoms with Crippen LogP contribution in [0.3, 0.4) is 0 Å². The third-order valence-electron chi connectivity index (χ3n) is 4.03. The number of nitrogens with zero attached hydrogens (tertiary/aromatic N) is 2. The van der Waals surface area contributed by atoms with Crippen molar-refractivity contribution in [3.05, 3.63) is 54.3 Å². The highest BCUT2D eigenvalue weighted by Gasteiger charge is 2.31. The first-order valence-corrected chi connectivity index (χ1v) is 7.54. The van der Waals surface area contributed by atoms with Gasteiger partial charge in [-0.2, -0.15) is 0 Å². The van der Waals surface area contributed by atoms with Gasteiger partial charge in [-0.3, -0.25) is 9.69 Å². The molecular formula is C18H24N2O. The Morgan fingerprint density at radius 1 is 1.38 bits per heavy atom. The summed E-state index contributed by atoms with van der Waals surface area (Å²) in [5, 5.41) is 0. The van der Waals surface area contributed by atoms with E-state index >= 15 is 0 Å². The van der Waals surface area contributed by atoms with Crippen molar-refractivity contribution in [2.75, 3.05) is 19.6 Å². The predicted octanol–water partition coefficient (Wildman–Crippen LogP) is 2.70. The maximum atomic E-state index is 12.1. The molecule has 1 aromatic carbocycles. The first kappa shape index (κ1) is 15.6. The first-order valence-electron chi connectivity index (χ1n) is 7.54. The highest BCUT2D eigenvalue weighted by Crippen LogP contribution is 2.19. The Morgan fingerprint density at radius 3 is 2.71 bits per heavy atom. The molecular weight excluding hydrogens is 260 g/mol. The molecule has 1 heterocycles. The largest absolute Gasteiger partial charge is 0.333 e. The second kappa shape index (κ2) is 7.26. The average molecular weight is 284 g/mol. The van der Waals surface area contributed by atoms with Crippen LogP contribution in [0, 0.1) is 5.92 Å². The van der Waals surface area contributed by atoms with Gasteiger partial charge in [-0.1, -0.05) is 50.8 Å². The average Bonchev–Trinajstić information content (AvgIpc) is 2.48. The van der Waals surface area contributed by atoms with E-state index in [0.29, 0.717) is 5.92 Å². The molecule has 0 spiro atoms. The van der Waals surface area contributed by atoms with Gasteiger partial charge in [0.15, 0.2) is 0 Å². The molecule has 0 radical (unpaired) electrons. The van der Waals surface area contributed by atoms with Crippen LogP contribution in [-0.2, 0) is 11.3 Å². The molecule has 0 N–H and O–H groups in total. The highest BCUT2D eigenvalue weighted by molar-refractivity contribution is 5.87. The zero-order valence-electron chi connectivity index (χ0n) is 13.0. The minimum Gasteiger partial charge on any atom is -0.333 e. The van der Waals surface area contributed by atoms with Gasteiger partial charge in [-0.05, 0) is 11.5 Å². The summed E-state index contributed by atoms with van der Waals surface area (Å²) in [5.74, 6) is 0.466. The number of hydrogen-bond donors (Lipinski definition) is 0. The van der Waals surface area contributed by atoms with Crippen LogP contribution in [0.2, 0.25) is 0 Å². The van der Waals surface area contributed by atoms with Gasteiger partial charge in [0.25, 0.3) is 5.91 Å². The lowest BCUT2D eigenvalue weighted by molar-refractivity contribution is -0.132. The first-order chi connectivity index (χ1) is 10.1. The van der Waals surface area contributed by atoms with Crippen molar-refractivity contribution < 1.29 is 4.79 Å². The van der Waals surface area contributed by atoms with Crippen molar-refractivity contribution in [1.82, 2.24) is 9.80 Å². The van der Waals surface area contributed by atoms with Gasteiger partial charge in [-0.25, -0.2) is 0 Å². The van der Waals surface area contributed by atoms with Gasteiger partial charge < -0.3 is 4.90 Å². The molecule has 1 saturated heterocycles. The Kier molecular flexibility index (Phi) is 5.38. The SMILES string of the molecule is C=C=CC(=O)N1CCN(Cc2ccccc2)C[C@@H]1C(C)C. The van der Waals surface area contributed by atoms with Gasteiger partial charge in [-0.15, -0.1) is 5.73 Å². The second-order valence-corrected chi connectivity index (χ2v) is 5.91. The fraction of sp³-hybridized carbons (Fsp3) is 0.444. The molecule has 1 aliphatic heterocycles. The molecule has 1 aromatic rings. The van der Waals surface area contributed by atoms with E-state index in [4.69, 9.17) is 0 Å². The number of rotatable bonds is 4. The van der Waals surface area contributed by atoms with Crippen molar-refractivity contribution in [2.45, 2.75) is 26.4 Å². The van der Waals surface area contributed by atoms with Crippen molar-refractivity contribution >= 4 is 5.91 Å². The lowest BCUT2D eigenvalue weighted by Gasteiger charge is -2.43. The van der Waals surface area contributed by atoms with E-state index in [9.17, 15) is 4.79 Å². The van der Waals surface area contributed by atoms with Crippen LogP contribution >= 0.6 is 0 Å². The monoisotopic (exact) mass is 284 g/mol. The van der Waals surface area contributed by atoms with Gasteiger partial charge in [0, 0.05) is 38.3 Å². The van der Waals surface area contributed by atoms with E-state index < -0.39 is 0 Å². The van der Waals surface area contributed by atoms with Gasteiger partial charge in [0.05, 0.1) is 0 Å². The molecule has 1 fully saturated rings. The minimum atomic E-state index is 0.0306. The van der Waals surface area contributed by atoms with E-state index in [1.54, 1.807) is 0 Å². The predicted molar refractivity (Wildman–Crippen MR) is 85.8 cm³/mol. The number of carbonyl (C=O) groups excluding carboxylic acids is 1. The van der Waals surface area contributed by atoms with E-state index in [-0.39, 0.29) is 11.9 Å². The van der Waals surface area contributed by atoms with Gasteiger partial charge >= 0.3 is 0 Å². The summed E-state index contributed by atoms with van der Waals surface area (Å²) in [5.41, 5.74) is 3.92. The van der Waals surface area contributed by atoms with Crippen molar-refractivity contribution in [3.8, 4) is 0 Å². The normalized spacial score (nSPS) is 19.4. The van der Waals surface area contributed by atoms with Gasteiger partial charge in [0.2, 0.25) is 0 Å². The molecule has 112 valence electrons. The summed E-state index contributed by atoms with van der Waals surface area (Å²) >= 11 is 0. The Hall–Kier alpha value is -1.83. The lowest BCUT2D eigenvalue weighted by atomic mass is 9.99. The number of amides is 1. The zero-order chi connectivity index (χ0) is 15.2. The van der Waals surface area contributed by atoms with E-state index in [0.717, 1.165) is 26.2 Å². The summed E-state index contributed by atoms with van der Waals surface area (Å²) in [7, 11) is 0. The Balaban J connectivity index is 2.04. The van der Waals surface area contributed by atoms with Crippen LogP contribution in [0.1, 0.15) is 19.4 Å². The summed E-state index contributed by atoms with van der Waals surface area (Å²) in [6, 6.07) is 10.7. The van der Waals surface area contributed by atoms with Crippen molar-refractivity contribution in [2.24, 2.45) is 5.92 Å². The van der Waals surface area contributed by atoms with Crippen LogP contribution in [0.25, 0.3) is 0 Å². The quantitative estimate of drug-likeness (QED) is 0.627. The molecule has 1 amide bonds. The second-order valence-electron chi connectivity index (χ2n) is 5.91. The summed E-state index contributed by atoms with van der Waals surface area (Å²) < 4.78 is 0. The van der Waals surface area contributed by atoms with Crippen LogP contribution in [0.15, 0.2) is 48.7 Å². The number of piperazine rings is 1. The maximum absolute atomic E-state index is 12.1. The molecule has 3 heteroatoms. The zero-order valence-corrected chi connectivity index (χ0v) is 13.0. The minimum absolute atomic E-state index is 0.0306. The molecule has 0 aliphatic carbocycles. The molecule has 3 nitrogen and oxygen atoms in total. The standard InChI is InChI=1S/C18H24N2O/c1-4-8-18(21)20-12-11-19(14-17(20)15(2)3)13-16-9-6-5-7-10-16/h5-10,15,17H,1,11-14H2,2-3H3/t17-/m1/s1. The maximum Gasteiger partial charge on any atom is 0.254 e. The topological polar surface area (TPSA) is 23.6 Å². The summed E-state index contributed by atoms with van der Waals surface area (Å²) in [6.45, 7) is 11.4. The van der Waals surface area contributed by atoms with Crippen LogP contribution < -0.4 is 0 Å².